The van der Waals surface area contributed by atoms with E-state index in [0.29, 0.717) is 53.4 Å². The highest BCUT2D eigenvalue weighted by Crippen LogP contribution is 2.37. The molecule has 2 saturated carbocycles. The fraction of sp³-hybridized carbons (Fsp3) is 0.481. The van der Waals surface area contributed by atoms with Crippen LogP contribution in [0.3, 0.4) is 0 Å². The molecule has 2 heterocycles. The molecule has 1 aromatic carbocycles. The highest BCUT2D eigenvalue weighted by atomic mass is 19.1. The summed E-state index contributed by atoms with van der Waals surface area (Å²) in [7, 11) is 0. The van der Waals surface area contributed by atoms with Crippen molar-refractivity contribution in [1.82, 2.24) is 25.6 Å². The second-order valence-electron chi connectivity index (χ2n) is 10.1. The first-order chi connectivity index (χ1) is 17.3. The van der Waals surface area contributed by atoms with E-state index in [9.17, 15) is 14.0 Å². The molecule has 3 N–H and O–H groups in total. The minimum absolute atomic E-state index is 0.156. The smallest absolute Gasteiger partial charge is 0.255 e. The highest BCUT2D eigenvalue weighted by molar-refractivity contribution is 6.09. The van der Waals surface area contributed by atoms with Crippen LogP contribution in [-0.2, 0) is 4.79 Å². The van der Waals surface area contributed by atoms with Crippen LogP contribution in [0.4, 0.5) is 4.39 Å². The third kappa shape index (κ3) is 5.05. The number of rotatable bonds is 7. The first kappa shape index (κ1) is 24.2. The van der Waals surface area contributed by atoms with Gasteiger partial charge in [0.15, 0.2) is 0 Å². The lowest BCUT2D eigenvalue weighted by Gasteiger charge is -2.32. The minimum Gasteiger partial charge on any atom is -0.493 e. The largest absolute Gasteiger partial charge is 0.493 e. The first-order valence-electron chi connectivity index (χ1n) is 12.6. The Morgan fingerprint density at radius 1 is 1.14 bits per heavy atom. The SMILES string of the molecule is CC(=O)N[C@@H]1CC[C@@H](NC(=O)c2c(C)[nH]c3c(-c4cc(C)ccc4OCC4CC4)ncnc23)C[C@H]1F. The third-order valence-electron chi connectivity index (χ3n) is 7.06. The molecule has 2 aliphatic carbocycles. The zero-order chi connectivity index (χ0) is 25.4. The molecular formula is C27H32FN5O3. The van der Waals surface area contributed by atoms with Crippen LogP contribution in [0.1, 0.15) is 60.6 Å². The van der Waals surface area contributed by atoms with E-state index in [1.165, 1.54) is 26.1 Å². The van der Waals surface area contributed by atoms with Crippen molar-refractivity contribution in [2.24, 2.45) is 5.92 Å². The number of amides is 2. The van der Waals surface area contributed by atoms with Crippen LogP contribution in [0.5, 0.6) is 5.75 Å². The number of alkyl halides is 1. The van der Waals surface area contributed by atoms with Gasteiger partial charge in [0.2, 0.25) is 5.91 Å². The molecule has 0 bridgehead atoms. The number of aromatic nitrogens is 3. The average molecular weight is 494 g/mol. The van der Waals surface area contributed by atoms with Crippen LogP contribution in [0, 0.1) is 19.8 Å². The molecule has 9 heteroatoms. The van der Waals surface area contributed by atoms with Crippen LogP contribution >= 0.6 is 0 Å². The predicted molar refractivity (Wildman–Crippen MR) is 135 cm³/mol. The Balaban J connectivity index is 1.40. The monoisotopic (exact) mass is 493 g/mol. The van der Waals surface area contributed by atoms with E-state index in [1.54, 1.807) is 0 Å². The molecule has 0 aliphatic heterocycles. The van der Waals surface area contributed by atoms with Gasteiger partial charge < -0.3 is 20.4 Å². The molecule has 0 radical (unpaired) electrons. The number of ether oxygens (including phenoxy) is 1. The van der Waals surface area contributed by atoms with Crippen molar-refractivity contribution in [3.8, 4) is 17.0 Å². The van der Waals surface area contributed by atoms with Gasteiger partial charge in [-0.2, -0.15) is 0 Å². The quantitative estimate of drug-likeness (QED) is 0.458. The molecule has 2 aromatic heterocycles. The molecule has 190 valence electrons. The lowest BCUT2D eigenvalue weighted by Crippen LogP contribution is -2.49. The van der Waals surface area contributed by atoms with Gasteiger partial charge in [-0.05, 0) is 57.6 Å². The zero-order valence-electron chi connectivity index (χ0n) is 20.9. The fourth-order valence-electron chi connectivity index (χ4n) is 4.98. The van der Waals surface area contributed by atoms with Gasteiger partial charge in [0, 0.05) is 30.6 Å². The summed E-state index contributed by atoms with van der Waals surface area (Å²) in [6, 6.07) is 5.19. The standard InChI is InChI=1S/C27H32FN5O3/c1-14-4-9-22(36-12-17-5-6-17)19(10-14)24-26-25(30-13-29-24)23(15(2)31-26)27(35)33-18-7-8-21(20(28)11-18)32-16(3)34/h4,9-10,13,17-18,20-21,31H,5-8,11-12H2,1-3H3,(H,32,34)(H,33,35)/t18-,20-,21-/m1/s1. The molecule has 8 nitrogen and oxygen atoms in total. The lowest BCUT2D eigenvalue weighted by molar-refractivity contribution is -0.120. The summed E-state index contributed by atoms with van der Waals surface area (Å²) in [5.41, 5.74) is 4.90. The second kappa shape index (κ2) is 9.87. The number of hydrogen-bond acceptors (Lipinski definition) is 5. The Morgan fingerprint density at radius 3 is 2.67 bits per heavy atom. The van der Waals surface area contributed by atoms with Gasteiger partial charge in [-0.15, -0.1) is 0 Å². The zero-order valence-corrected chi connectivity index (χ0v) is 20.9. The van der Waals surface area contributed by atoms with Gasteiger partial charge in [-0.1, -0.05) is 11.6 Å². The van der Waals surface area contributed by atoms with Crippen molar-refractivity contribution in [2.45, 2.75) is 71.1 Å². The minimum atomic E-state index is -1.21. The van der Waals surface area contributed by atoms with Crippen LogP contribution in [0.25, 0.3) is 22.3 Å². The van der Waals surface area contributed by atoms with Gasteiger partial charge in [0.25, 0.3) is 5.91 Å². The second-order valence-corrected chi connectivity index (χ2v) is 10.1. The summed E-state index contributed by atoms with van der Waals surface area (Å²) in [5, 5.41) is 5.64. The molecule has 0 spiro atoms. The van der Waals surface area contributed by atoms with E-state index in [-0.39, 0.29) is 24.3 Å². The van der Waals surface area contributed by atoms with Gasteiger partial charge >= 0.3 is 0 Å². The van der Waals surface area contributed by atoms with E-state index in [1.807, 2.05) is 32.0 Å². The molecule has 3 atom stereocenters. The van der Waals surface area contributed by atoms with Crippen molar-refractivity contribution < 1.29 is 18.7 Å². The van der Waals surface area contributed by atoms with E-state index < -0.39 is 12.2 Å². The number of H-pyrrole nitrogens is 1. The Kier molecular flexibility index (Phi) is 6.64. The maximum absolute atomic E-state index is 14.6. The van der Waals surface area contributed by atoms with Crippen molar-refractivity contribution in [3.63, 3.8) is 0 Å². The summed E-state index contributed by atoms with van der Waals surface area (Å²) in [6.07, 6.45) is 3.87. The number of carbonyl (C=O) groups excluding carboxylic acids is 2. The van der Waals surface area contributed by atoms with E-state index in [4.69, 9.17) is 4.74 Å². The Labute approximate surface area is 209 Å². The van der Waals surface area contributed by atoms with Gasteiger partial charge in [-0.3, -0.25) is 9.59 Å². The molecule has 0 saturated heterocycles. The van der Waals surface area contributed by atoms with Crippen LogP contribution in [0.2, 0.25) is 0 Å². The molecule has 36 heavy (non-hydrogen) atoms. The Bertz CT molecular complexity index is 1300. The highest BCUT2D eigenvalue weighted by Gasteiger charge is 2.33. The van der Waals surface area contributed by atoms with E-state index >= 15 is 0 Å². The fourth-order valence-corrected chi connectivity index (χ4v) is 4.98. The molecule has 0 unspecified atom stereocenters. The summed E-state index contributed by atoms with van der Waals surface area (Å²) >= 11 is 0. The Hall–Kier alpha value is -3.49. The van der Waals surface area contributed by atoms with E-state index in [0.717, 1.165) is 16.9 Å². The van der Waals surface area contributed by atoms with Gasteiger partial charge in [0.1, 0.15) is 29.5 Å². The third-order valence-corrected chi connectivity index (χ3v) is 7.06. The number of fused-ring (bicyclic) bond motifs is 1. The van der Waals surface area contributed by atoms with Crippen molar-refractivity contribution >= 4 is 22.8 Å². The molecule has 3 aromatic rings. The maximum atomic E-state index is 14.6. The average Bonchev–Trinajstić information content (AvgIpc) is 3.59. The number of nitrogens with zero attached hydrogens (tertiary/aromatic N) is 2. The number of halogens is 1. The predicted octanol–water partition coefficient (Wildman–Crippen LogP) is 4.16. The number of nitrogens with one attached hydrogen (secondary N) is 3. The van der Waals surface area contributed by atoms with Crippen LogP contribution < -0.4 is 15.4 Å². The molecule has 2 amide bonds. The first-order valence-corrected chi connectivity index (χ1v) is 12.6. The van der Waals surface area contributed by atoms with Crippen molar-refractivity contribution in [1.29, 1.82) is 0 Å². The summed E-state index contributed by atoms with van der Waals surface area (Å²) < 4.78 is 20.7. The molecule has 5 rings (SSSR count). The summed E-state index contributed by atoms with van der Waals surface area (Å²) in [6.45, 7) is 5.91. The number of aryl methyl sites for hydroxylation is 2. The summed E-state index contributed by atoms with van der Waals surface area (Å²) in [5.74, 6) is 0.832. The molecule has 2 fully saturated rings. The van der Waals surface area contributed by atoms with Crippen LogP contribution in [0.15, 0.2) is 24.5 Å². The van der Waals surface area contributed by atoms with Crippen LogP contribution in [-0.4, -0.2) is 51.6 Å². The topological polar surface area (TPSA) is 109 Å². The number of hydrogen-bond donors (Lipinski definition) is 3. The number of carbonyl (C=O) groups is 2. The van der Waals surface area contributed by atoms with Gasteiger partial charge in [-0.25, -0.2) is 14.4 Å². The number of aromatic amines is 1. The lowest BCUT2D eigenvalue weighted by atomic mass is 9.89. The molecule has 2 aliphatic rings. The maximum Gasteiger partial charge on any atom is 0.255 e. The van der Waals surface area contributed by atoms with Crippen molar-refractivity contribution in [2.75, 3.05) is 6.61 Å². The van der Waals surface area contributed by atoms with Crippen molar-refractivity contribution in [3.05, 3.63) is 41.3 Å². The number of benzene rings is 1. The Morgan fingerprint density at radius 2 is 1.94 bits per heavy atom. The normalized spacial score (nSPS) is 21.8. The summed E-state index contributed by atoms with van der Waals surface area (Å²) in [4.78, 5) is 36.9. The van der Waals surface area contributed by atoms with Gasteiger partial charge in [0.05, 0.1) is 23.7 Å². The van der Waals surface area contributed by atoms with E-state index in [2.05, 4.69) is 25.6 Å². The molecular weight excluding hydrogens is 461 g/mol.